The molecule has 1 aromatic carbocycles. The highest BCUT2D eigenvalue weighted by Gasteiger charge is 2.37. The van der Waals surface area contributed by atoms with Crippen LogP contribution in [0.25, 0.3) is 0 Å². The van der Waals surface area contributed by atoms with Crippen molar-refractivity contribution in [2.45, 2.75) is 38.7 Å². The number of carbonyl (C=O) groups excluding carboxylic acids is 1. The Morgan fingerprint density at radius 2 is 2.11 bits per heavy atom. The number of hydrogen-bond acceptors (Lipinski definition) is 3. The van der Waals surface area contributed by atoms with Gasteiger partial charge in [0.15, 0.2) is 6.61 Å². The second-order valence-electron chi connectivity index (χ2n) is 5.86. The molecule has 1 aliphatic carbocycles. The molecule has 1 unspecified atom stereocenters. The minimum absolute atomic E-state index is 0.0478. The number of hydrogen-bond donors (Lipinski definition) is 2. The van der Waals surface area contributed by atoms with E-state index in [4.69, 9.17) is 4.74 Å². The highest BCUT2D eigenvalue weighted by molar-refractivity contribution is 5.95. The minimum Gasteiger partial charge on any atom is -0.482 e. The molecule has 1 atom stereocenters. The lowest BCUT2D eigenvalue weighted by atomic mass is 9.79. The molecule has 4 heteroatoms. The summed E-state index contributed by atoms with van der Waals surface area (Å²) in [6, 6.07) is 5.55. The molecule has 0 bridgehead atoms. The van der Waals surface area contributed by atoms with E-state index in [9.17, 15) is 9.90 Å². The summed E-state index contributed by atoms with van der Waals surface area (Å²) in [5.74, 6) is 0.526. The second-order valence-corrected chi connectivity index (χ2v) is 5.86. The van der Waals surface area contributed by atoms with Crippen LogP contribution in [0.5, 0.6) is 5.75 Å². The van der Waals surface area contributed by atoms with Crippen LogP contribution in [0, 0.1) is 5.41 Å². The molecule has 0 aromatic heterocycles. The monoisotopic (exact) mass is 261 g/mol. The average molecular weight is 261 g/mol. The standard InChI is InChI=1S/C15H19NO3/c1-15(6-2-3-7-15)14(18)10-4-5-12-11(8-10)16-13(17)9-19-12/h4-5,8,14,18H,2-3,6-7,9H2,1H3,(H,16,17). The number of ether oxygens (including phenoxy) is 1. The van der Waals surface area contributed by atoms with Gasteiger partial charge in [-0.2, -0.15) is 0 Å². The molecule has 2 N–H and O–H groups in total. The molecule has 1 amide bonds. The van der Waals surface area contributed by atoms with Gasteiger partial charge in [-0.05, 0) is 36.0 Å². The molecule has 102 valence electrons. The van der Waals surface area contributed by atoms with Crippen molar-refractivity contribution in [2.75, 3.05) is 11.9 Å². The van der Waals surface area contributed by atoms with Gasteiger partial charge in [-0.15, -0.1) is 0 Å². The first kappa shape index (κ1) is 12.5. The molecule has 3 rings (SSSR count). The van der Waals surface area contributed by atoms with Crippen LogP contribution < -0.4 is 10.1 Å². The first-order valence-corrected chi connectivity index (χ1v) is 6.83. The van der Waals surface area contributed by atoms with Crippen LogP contribution in [0.3, 0.4) is 0 Å². The van der Waals surface area contributed by atoms with Gasteiger partial charge in [0.2, 0.25) is 0 Å². The summed E-state index contributed by atoms with van der Waals surface area (Å²) in [7, 11) is 0. The zero-order valence-electron chi connectivity index (χ0n) is 11.1. The molecule has 0 radical (unpaired) electrons. The zero-order valence-corrected chi connectivity index (χ0v) is 11.1. The predicted octanol–water partition coefficient (Wildman–Crippen LogP) is 2.63. The fraction of sp³-hybridized carbons (Fsp3) is 0.533. The number of aliphatic hydroxyl groups is 1. The molecular formula is C15H19NO3. The van der Waals surface area contributed by atoms with Gasteiger partial charge in [-0.1, -0.05) is 25.8 Å². The summed E-state index contributed by atoms with van der Waals surface area (Å²) in [6.07, 6.45) is 3.97. The number of rotatable bonds is 2. The van der Waals surface area contributed by atoms with Gasteiger partial charge >= 0.3 is 0 Å². The number of amides is 1. The largest absolute Gasteiger partial charge is 0.482 e. The quantitative estimate of drug-likeness (QED) is 0.860. The molecular weight excluding hydrogens is 242 g/mol. The molecule has 1 fully saturated rings. The topological polar surface area (TPSA) is 58.6 Å². The van der Waals surface area contributed by atoms with Gasteiger partial charge in [0.1, 0.15) is 5.75 Å². The maximum atomic E-state index is 11.3. The van der Waals surface area contributed by atoms with Gasteiger partial charge < -0.3 is 15.2 Å². The summed E-state index contributed by atoms with van der Waals surface area (Å²) >= 11 is 0. The van der Waals surface area contributed by atoms with E-state index in [1.165, 1.54) is 12.8 Å². The fourth-order valence-electron chi connectivity index (χ4n) is 3.13. The van der Waals surface area contributed by atoms with Crippen molar-refractivity contribution in [1.29, 1.82) is 0 Å². The van der Waals surface area contributed by atoms with Gasteiger partial charge in [0, 0.05) is 0 Å². The minimum atomic E-state index is -0.487. The number of aliphatic hydroxyl groups excluding tert-OH is 1. The van der Waals surface area contributed by atoms with E-state index in [2.05, 4.69) is 12.2 Å². The number of benzene rings is 1. The summed E-state index contributed by atoms with van der Waals surface area (Å²) < 4.78 is 5.33. The van der Waals surface area contributed by atoms with Crippen LogP contribution in [-0.4, -0.2) is 17.6 Å². The second kappa shape index (κ2) is 4.53. The Labute approximate surface area is 112 Å². The molecule has 1 aliphatic heterocycles. The van der Waals surface area contributed by atoms with Crippen molar-refractivity contribution in [3.05, 3.63) is 23.8 Å². The lowest BCUT2D eigenvalue weighted by Gasteiger charge is -2.31. The molecule has 2 aliphatic rings. The lowest BCUT2D eigenvalue weighted by Crippen LogP contribution is -2.26. The Morgan fingerprint density at radius 3 is 2.84 bits per heavy atom. The van der Waals surface area contributed by atoms with E-state index in [1.807, 2.05) is 18.2 Å². The van der Waals surface area contributed by atoms with Crippen molar-refractivity contribution in [3.63, 3.8) is 0 Å². The van der Waals surface area contributed by atoms with Crippen molar-refractivity contribution in [3.8, 4) is 5.75 Å². The molecule has 1 saturated carbocycles. The van der Waals surface area contributed by atoms with Crippen LogP contribution in [0.4, 0.5) is 5.69 Å². The van der Waals surface area contributed by atoms with Crippen LogP contribution >= 0.6 is 0 Å². The van der Waals surface area contributed by atoms with E-state index in [1.54, 1.807) is 0 Å². The van der Waals surface area contributed by atoms with Gasteiger partial charge in [-0.3, -0.25) is 4.79 Å². The maximum absolute atomic E-state index is 11.3. The van der Waals surface area contributed by atoms with Crippen LogP contribution in [-0.2, 0) is 4.79 Å². The molecule has 4 nitrogen and oxygen atoms in total. The predicted molar refractivity (Wildman–Crippen MR) is 72.1 cm³/mol. The normalized spacial score (nSPS) is 22.3. The number of fused-ring (bicyclic) bond motifs is 1. The van der Waals surface area contributed by atoms with E-state index in [0.717, 1.165) is 18.4 Å². The van der Waals surface area contributed by atoms with Gasteiger partial charge in [0.05, 0.1) is 11.8 Å². The van der Waals surface area contributed by atoms with E-state index in [0.29, 0.717) is 11.4 Å². The van der Waals surface area contributed by atoms with Crippen molar-refractivity contribution >= 4 is 11.6 Å². The van der Waals surface area contributed by atoms with E-state index < -0.39 is 6.10 Å². The Kier molecular flexibility index (Phi) is 2.97. The summed E-state index contributed by atoms with van der Waals surface area (Å²) in [4.78, 5) is 11.3. The Hall–Kier alpha value is -1.55. The lowest BCUT2D eigenvalue weighted by molar-refractivity contribution is -0.118. The summed E-state index contributed by atoms with van der Waals surface area (Å²) in [6.45, 7) is 2.20. The highest BCUT2D eigenvalue weighted by atomic mass is 16.5. The number of anilines is 1. The third kappa shape index (κ3) is 2.21. The summed E-state index contributed by atoms with van der Waals surface area (Å²) in [5, 5.41) is 13.4. The number of nitrogens with one attached hydrogen (secondary N) is 1. The Balaban J connectivity index is 1.89. The van der Waals surface area contributed by atoms with Crippen LogP contribution in [0.1, 0.15) is 44.3 Å². The highest BCUT2D eigenvalue weighted by Crippen LogP contribution is 2.48. The molecule has 19 heavy (non-hydrogen) atoms. The van der Waals surface area contributed by atoms with Gasteiger partial charge in [0.25, 0.3) is 5.91 Å². The smallest absolute Gasteiger partial charge is 0.262 e. The Bertz CT molecular complexity index is 506. The molecule has 1 heterocycles. The third-order valence-corrected chi connectivity index (χ3v) is 4.36. The van der Waals surface area contributed by atoms with E-state index in [-0.39, 0.29) is 17.9 Å². The van der Waals surface area contributed by atoms with E-state index >= 15 is 0 Å². The van der Waals surface area contributed by atoms with Crippen molar-refractivity contribution in [2.24, 2.45) is 5.41 Å². The van der Waals surface area contributed by atoms with Crippen LogP contribution in [0.15, 0.2) is 18.2 Å². The average Bonchev–Trinajstić information content (AvgIpc) is 2.85. The first-order valence-electron chi connectivity index (χ1n) is 6.83. The first-order chi connectivity index (χ1) is 9.08. The molecule has 0 spiro atoms. The molecule has 1 aromatic rings. The Morgan fingerprint density at radius 1 is 1.37 bits per heavy atom. The van der Waals surface area contributed by atoms with Gasteiger partial charge in [-0.25, -0.2) is 0 Å². The molecule has 0 saturated heterocycles. The van der Waals surface area contributed by atoms with Crippen molar-refractivity contribution < 1.29 is 14.6 Å². The summed E-state index contributed by atoms with van der Waals surface area (Å²) in [5.41, 5.74) is 1.47. The fourth-order valence-corrected chi connectivity index (χ4v) is 3.13. The van der Waals surface area contributed by atoms with Crippen molar-refractivity contribution in [1.82, 2.24) is 0 Å². The number of carbonyl (C=O) groups is 1. The maximum Gasteiger partial charge on any atom is 0.262 e. The zero-order chi connectivity index (χ0) is 13.5. The third-order valence-electron chi connectivity index (χ3n) is 4.36. The van der Waals surface area contributed by atoms with Crippen LogP contribution in [0.2, 0.25) is 0 Å². The SMILES string of the molecule is CC1(C(O)c2ccc3c(c2)NC(=O)CO3)CCCC1.